The molecule has 2 N–H and O–H groups in total. The fourth-order valence-electron chi connectivity index (χ4n) is 4.24. The molecule has 0 atom stereocenters. The Morgan fingerprint density at radius 1 is 0.917 bits per heavy atom. The molecule has 10 heteroatoms. The molecule has 0 radical (unpaired) electrons. The molecule has 3 heterocycles. The van der Waals surface area contributed by atoms with Crippen LogP contribution in [-0.2, 0) is 13.6 Å². The molecule has 0 unspecified atom stereocenters. The van der Waals surface area contributed by atoms with Gasteiger partial charge in [0.05, 0.1) is 27.7 Å². The number of hydrogen-bond acceptors (Lipinski definition) is 6. The van der Waals surface area contributed by atoms with Crippen LogP contribution in [0.1, 0.15) is 33.5 Å². The number of amides is 2. The maximum absolute atomic E-state index is 13.3. The van der Waals surface area contributed by atoms with Crippen LogP contribution in [0.15, 0.2) is 65.5 Å². The molecule has 0 bridgehead atoms. The van der Waals surface area contributed by atoms with E-state index in [9.17, 15) is 14.4 Å². The molecule has 0 fully saturated rings. The number of nitrogens with zero attached hydrogens (tertiary/aromatic N) is 5. The van der Waals surface area contributed by atoms with Gasteiger partial charge in [-0.2, -0.15) is 10.2 Å². The van der Waals surface area contributed by atoms with Crippen molar-refractivity contribution in [3.05, 3.63) is 88.0 Å². The Balaban J connectivity index is 1.50. The van der Waals surface area contributed by atoms with Crippen LogP contribution in [0.3, 0.4) is 0 Å². The van der Waals surface area contributed by atoms with Crippen LogP contribution in [-0.4, -0.2) is 36.4 Å². The number of pyridine rings is 1. The highest BCUT2D eigenvalue weighted by Gasteiger charge is 2.21. The number of hydrazine groups is 1. The minimum Gasteiger partial charge on any atom is -0.267 e. The Labute approximate surface area is 205 Å². The normalized spacial score (nSPS) is 11.1. The van der Waals surface area contributed by atoms with E-state index < -0.39 is 11.8 Å². The van der Waals surface area contributed by atoms with Crippen molar-refractivity contribution in [3.63, 3.8) is 0 Å². The molecule has 2 amide bonds. The summed E-state index contributed by atoms with van der Waals surface area (Å²) in [7, 11) is 1.76. The molecule has 0 aliphatic rings. The van der Waals surface area contributed by atoms with Gasteiger partial charge in [-0.1, -0.05) is 48.5 Å². The van der Waals surface area contributed by atoms with Crippen molar-refractivity contribution in [2.24, 2.45) is 7.05 Å². The van der Waals surface area contributed by atoms with E-state index >= 15 is 0 Å². The van der Waals surface area contributed by atoms with E-state index in [1.807, 2.05) is 30.3 Å². The summed E-state index contributed by atoms with van der Waals surface area (Å²) in [5, 5.41) is 9.99. The lowest BCUT2D eigenvalue weighted by Gasteiger charge is -2.12. The summed E-state index contributed by atoms with van der Waals surface area (Å²) in [6.45, 7) is 3.86. The molecule has 10 nitrogen and oxygen atoms in total. The zero-order valence-electron chi connectivity index (χ0n) is 19.9. The second-order valence-corrected chi connectivity index (χ2v) is 8.25. The van der Waals surface area contributed by atoms with Crippen molar-refractivity contribution in [2.75, 3.05) is 0 Å². The van der Waals surface area contributed by atoms with Crippen LogP contribution in [0.25, 0.3) is 33.1 Å². The molecule has 0 saturated heterocycles. The van der Waals surface area contributed by atoms with Gasteiger partial charge in [0, 0.05) is 24.5 Å². The predicted molar refractivity (Wildman–Crippen MR) is 135 cm³/mol. The first-order chi connectivity index (χ1) is 17.4. The molecule has 5 rings (SSSR count). The SMILES string of the molecule is CCn1nc(C(=O)NNC(=O)c2cc(-c3ccccc3)nc3c2c(C)nn3C)c2ccccc2c1=O. The first kappa shape index (κ1) is 22.9. The molecule has 3 aromatic heterocycles. The third kappa shape index (κ3) is 3.88. The highest BCUT2D eigenvalue weighted by molar-refractivity contribution is 6.09. The average Bonchev–Trinajstić information content (AvgIpc) is 3.20. The van der Waals surface area contributed by atoms with Crippen LogP contribution < -0.4 is 16.4 Å². The van der Waals surface area contributed by atoms with Crippen LogP contribution in [0.2, 0.25) is 0 Å². The highest BCUT2D eigenvalue weighted by Crippen LogP contribution is 2.26. The third-order valence-corrected chi connectivity index (χ3v) is 5.95. The fourth-order valence-corrected chi connectivity index (χ4v) is 4.24. The molecule has 5 aromatic rings. The van der Waals surface area contributed by atoms with E-state index in [-0.39, 0.29) is 11.3 Å². The summed E-state index contributed by atoms with van der Waals surface area (Å²) >= 11 is 0. The average molecular weight is 482 g/mol. The summed E-state index contributed by atoms with van der Waals surface area (Å²) in [4.78, 5) is 43.7. The number of carbonyl (C=O) groups is 2. The van der Waals surface area contributed by atoms with Crippen LogP contribution >= 0.6 is 0 Å². The molecular weight excluding hydrogens is 458 g/mol. The van der Waals surface area contributed by atoms with E-state index in [1.165, 1.54) is 4.68 Å². The minimum absolute atomic E-state index is 0.0368. The lowest BCUT2D eigenvalue weighted by Crippen LogP contribution is -2.43. The maximum Gasteiger partial charge on any atom is 0.290 e. The van der Waals surface area contributed by atoms with E-state index in [0.717, 1.165) is 5.56 Å². The molecule has 0 saturated carbocycles. The predicted octanol–water partition coefficient (Wildman–Crippen LogP) is 2.75. The van der Waals surface area contributed by atoms with Crippen molar-refractivity contribution < 1.29 is 9.59 Å². The molecular formula is C26H23N7O3. The van der Waals surface area contributed by atoms with E-state index in [1.54, 1.807) is 55.9 Å². The third-order valence-electron chi connectivity index (χ3n) is 5.95. The van der Waals surface area contributed by atoms with E-state index in [0.29, 0.717) is 45.3 Å². The van der Waals surface area contributed by atoms with Crippen molar-refractivity contribution >= 4 is 33.6 Å². The highest BCUT2D eigenvalue weighted by atomic mass is 16.2. The molecule has 180 valence electrons. The minimum atomic E-state index is -0.641. The Hall–Kier alpha value is -4.86. The Kier molecular flexibility index (Phi) is 5.77. The largest absolute Gasteiger partial charge is 0.290 e. The second kappa shape index (κ2) is 9.06. The van der Waals surface area contributed by atoms with Gasteiger partial charge in [0.1, 0.15) is 0 Å². The van der Waals surface area contributed by atoms with Gasteiger partial charge < -0.3 is 0 Å². The first-order valence-electron chi connectivity index (χ1n) is 11.4. The van der Waals surface area contributed by atoms with Gasteiger partial charge in [-0.05, 0) is 26.0 Å². The quantitative estimate of drug-likeness (QED) is 0.381. The lowest BCUT2D eigenvalue weighted by molar-refractivity contribution is 0.0844. The van der Waals surface area contributed by atoms with Gasteiger partial charge in [0.2, 0.25) is 0 Å². The first-order valence-corrected chi connectivity index (χ1v) is 11.4. The number of fused-ring (bicyclic) bond motifs is 2. The fraction of sp³-hybridized carbons (Fsp3) is 0.154. The number of benzene rings is 2. The second-order valence-electron chi connectivity index (χ2n) is 8.25. The Morgan fingerprint density at radius 3 is 2.31 bits per heavy atom. The van der Waals surface area contributed by atoms with Crippen molar-refractivity contribution in [1.29, 1.82) is 0 Å². The summed E-state index contributed by atoms with van der Waals surface area (Å²) in [5.74, 6) is -1.17. The monoisotopic (exact) mass is 481 g/mol. The van der Waals surface area contributed by atoms with Gasteiger partial charge in [-0.15, -0.1) is 0 Å². The summed E-state index contributed by atoms with van der Waals surface area (Å²) in [6.07, 6.45) is 0. The van der Waals surface area contributed by atoms with Crippen LogP contribution in [0.4, 0.5) is 0 Å². The number of rotatable bonds is 4. The number of aryl methyl sites for hydroxylation is 3. The summed E-state index contributed by atoms with van der Waals surface area (Å²) in [5.41, 5.74) is 7.64. The number of hydrogen-bond donors (Lipinski definition) is 2. The zero-order valence-corrected chi connectivity index (χ0v) is 19.9. The number of nitrogens with one attached hydrogen (secondary N) is 2. The van der Waals surface area contributed by atoms with Gasteiger partial charge in [-0.25, -0.2) is 9.67 Å². The van der Waals surface area contributed by atoms with Gasteiger partial charge in [0.25, 0.3) is 17.4 Å². The van der Waals surface area contributed by atoms with Crippen LogP contribution in [0.5, 0.6) is 0 Å². The Morgan fingerprint density at radius 2 is 1.58 bits per heavy atom. The smallest absolute Gasteiger partial charge is 0.267 e. The van der Waals surface area contributed by atoms with Gasteiger partial charge in [0.15, 0.2) is 11.3 Å². The number of aromatic nitrogens is 5. The lowest BCUT2D eigenvalue weighted by atomic mass is 10.1. The van der Waals surface area contributed by atoms with Gasteiger partial charge >= 0.3 is 0 Å². The maximum atomic E-state index is 13.3. The summed E-state index contributed by atoms with van der Waals surface area (Å²) in [6, 6.07) is 17.9. The van der Waals surface area contributed by atoms with E-state index in [2.05, 4.69) is 21.0 Å². The van der Waals surface area contributed by atoms with E-state index in [4.69, 9.17) is 4.98 Å². The number of carbonyl (C=O) groups excluding carboxylic acids is 2. The molecule has 2 aromatic carbocycles. The Bertz CT molecular complexity index is 1700. The molecule has 36 heavy (non-hydrogen) atoms. The van der Waals surface area contributed by atoms with Crippen molar-refractivity contribution in [1.82, 2.24) is 35.4 Å². The van der Waals surface area contributed by atoms with Crippen molar-refractivity contribution in [3.8, 4) is 11.3 Å². The molecule has 0 aliphatic carbocycles. The molecule has 0 spiro atoms. The molecule has 0 aliphatic heterocycles. The zero-order chi connectivity index (χ0) is 25.4. The summed E-state index contributed by atoms with van der Waals surface area (Å²) < 4.78 is 2.84. The van der Waals surface area contributed by atoms with Gasteiger partial charge in [-0.3, -0.25) is 29.9 Å². The topological polar surface area (TPSA) is 124 Å². The van der Waals surface area contributed by atoms with Crippen LogP contribution in [0, 0.1) is 6.92 Å². The van der Waals surface area contributed by atoms with Crippen molar-refractivity contribution in [2.45, 2.75) is 20.4 Å². The standard InChI is InChI=1S/C26H23N7O3/c1-4-33-26(36)18-13-9-8-12-17(18)22(31-33)25(35)29-28-24(34)19-14-20(16-10-6-5-7-11-16)27-23-21(19)15(2)30-32(23)3/h5-14H,4H2,1-3H3,(H,28,34)(H,29,35).